The van der Waals surface area contributed by atoms with Gasteiger partial charge in [-0.15, -0.1) is 0 Å². The summed E-state index contributed by atoms with van der Waals surface area (Å²) in [5.41, 5.74) is 14.0. The van der Waals surface area contributed by atoms with Gasteiger partial charge in [0.05, 0.1) is 13.5 Å². The molecule has 286 valence electrons. The molecule has 1 aromatic heterocycles. The van der Waals surface area contributed by atoms with Crippen LogP contribution in [0.3, 0.4) is 0 Å². The van der Waals surface area contributed by atoms with E-state index in [1.54, 1.807) is 24.4 Å². The number of hydrogen-bond acceptors (Lipinski definition) is 7. The van der Waals surface area contributed by atoms with Crippen molar-refractivity contribution >= 4 is 23.5 Å². The van der Waals surface area contributed by atoms with E-state index in [2.05, 4.69) is 65.8 Å². The minimum atomic E-state index is -0.225. The number of ketones is 2. The summed E-state index contributed by atoms with van der Waals surface area (Å²) in [6.07, 6.45) is 17.5. The van der Waals surface area contributed by atoms with Gasteiger partial charge in [0.15, 0.2) is 17.3 Å². The Kier molecular flexibility index (Phi) is 15.0. The lowest BCUT2D eigenvalue weighted by atomic mass is 9.74. The molecule has 1 fully saturated rings. The molecule has 7 nitrogen and oxygen atoms in total. The van der Waals surface area contributed by atoms with Crippen molar-refractivity contribution in [1.29, 1.82) is 0 Å². The Hall–Kier alpha value is -4.75. The highest BCUT2D eigenvalue weighted by Crippen LogP contribution is 2.47. The minimum absolute atomic E-state index is 0.0103. The van der Waals surface area contributed by atoms with Crippen LogP contribution in [0.4, 0.5) is 5.82 Å². The molecule has 0 radical (unpaired) electrons. The van der Waals surface area contributed by atoms with Gasteiger partial charge in [0.25, 0.3) is 0 Å². The average Bonchev–Trinajstić information content (AvgIpc) is 3.62. The highest BCUT2D eigenvalue weighted by atomic mass is 16.5. The summed E-state index contributed by atoms with van der Waals surface area (Å²) in [6.45, 7) is 3.32. The number of nitrogens with two attached hydrogens (primary N) is 1. The van der Waals surface area contributed by atoms with Gasteiger partial charge in [0.2, 0.25) is 0 Å². The number of methoxy groups -OCH3 is 1. The van der Waals surface area contributed by atoms with E-state index in [4.69, 9.17) is 10.5 Å². The lowest BCUT2D eigenvalue weighted by molar-refractivity contribution is -0.124. The molecule has 4 aromatic rings. The lowest BCUT2D eigenvalue weighted by Gasteiger charge is -2.32. The fourth-order valence-corrected chi connectivity index (χ4v) is 8.42. The van der Waals surface area contributed by atoms with Crippen molar-refractivity contribution in [2.75, 3.05) is 26.4 Å². The Bertz CT molecular complexity index is 1860. The largest absolute Gasteiger partial charge is 0.504 e. The van der Waals surface area contributed by atoms with Gasteiger partial charge in [-0.25, -0.2) is 4.98 Å². The number of nitrogen functional groups attached to an aromatic ring is 1. The zero-order chi connectivity index (χ0) is 38.3. The van der Waals surface area contributed by atoms with Crippen LogP contribution in [-0.2, 0) is 41.7 Å². The molecule has 1 aliphatic rings. The van der Waals surface area contributed by atoms with Gasteiger partial charge in [0.1, 0.15) is 11.6 Å². The molecular formula is C47H59N3O4. The van der Waals surface area contributed by atoms with Gasteiger partial charge >= 0.3 is 0 Å². The molecule has 5 rings (SSSR count). The number of rotatable bonds is 21. The molecule has 0 saturated heterocycles. The van der Waals surface area contributed by atoms with E-state index >= 15 is 0 Å². The normalized spacial score (nSPS) is 14.4. The van der Waals surface area contributed by atoms with E-state index in [0.29, 0.717) is 35.7 Å². The molecule has 7 heteroatoms. The van der Waals surface area contributed by atoms with Crippen LogP contribution >= 0.6 is 0 Å². The van der Waals surface area contributed by atoms with Gasteiger partial charge < -0.3 is 20.9 Å². The van der Waals surface area contributed by atoms with Crippen LogP contribution in [0.1, 0.15) is 104 Å². The third-order valence-electron chi connectivity index (χ3n) is 11.1. The van der Waals surface area contributed by atoms with E-state index in [0.717, 1.165) is 67.3 Å². The van der Waals surface area contributed by atoms with Crippen LogP contribution in [0.15, 0.2) is 85.1 Å². The van der Waals surface area contributed by atoms with E-state index in [1.165, 1.54) is 62.0 Å². The number of aryl methyl sites for hydroxylation is 4. The van der Waals surface area contributed by atoms with Crippen LogP contribution in [0.5, 0.6) is 11.5 Å². The average molecular weight is 730 g/mol. The Morgan fingerprint density at radius 3 is 2.35 bits per heavy atom. The monoisotopic (exact) mass is 729 g/mol. The van der Waals surface area contributed by atoms with Crippen LogP contribution in [-0.4, -0.2) is 42.4 Å². The number of hydrogen-bond donors (Lipinski definition) is 3. The van der Waals surface area contributed by atoms with Crippen molar-refractivity contribution in [2.45, 2.75) is 96.8 Å². The maximum atomic E-state index is 13.0. The number of phenolic OH excluding ortho intramolecular Hbond substituents is 1. The summed E-state index contributed by atoms with van der Waals surface area (Å²) in [6, 6.07) is 24.7. The number of pyridine rings is 1. The zero-order valence-corrected chi connectivity index (χ0v) is 32.5. The highest BCUT2D eigenvalue weighted by Gasteiger charge is 2.34. The number of nitrogens with zero attached hydrogens (tertiary/aromatic N) is 1. The molecule has 1 aliphatic carbocycles. The first-order valence-electron chi connectivity index (χ1n) is 19.8. The molecule has 1 unspecified atom stereocenters. The van der Waals surface area contributed by atoms with E-state index in [-0.39, 0.29) is 23.7 Å². The number of phenols is 1. The summed E-state index contributed by atoms with van der Waals surface area (Å²) in [5, 5.41) is 14.1. The number of carbonyl (C=O) groups excluding carboxylic acids is 2. The molecule has 1 atom stereocenters. The molecule has 0 bridgehead atoms. The first-order valence-corrected chi connectivity index (χ1v) is 19.8. The number of carbonyl (C=O) groups is 2. The summed E-state index contributed by atoms with van der Waals surface area (Å²) >= 11 is 0. The summed E-state index contributed by atoms with van der Waals surface area (Å²) in [4.78, 5) is 30.4. The van der Waals surface area contributed by atoms with Crippen molar-refractivity contribution in [1.82, 2.24) is 10.3 Å². The third kappa shape index (κ3) is 12.1. The number of aromatic hydroxyl groups is 1. The van der Waals surface area contributed by atoms with Crippen LogP contribution in [0, 0.1) is 11.3 Å². The standard InChI is InChI=1S/C47H59N3O4/c1-34(32-49-2)31-47(22-7-8-23-47)24-10-15-42(51)30-43(52)21-20-38-28-45(54-3)44(53)27-40(38)26-41-33-50-46(48)29-39(41)19-18-37-14-9-13-36(25-37)17-16-35-11-5-4-6-12-35/h4-6,9,11-14,20-21,25,27-29,33-34,49,53H,7-8,10,15-19,22-24,26,30-32H2,1-3H3,(H2,48,50). The van der Waals surface area contributed by atoms with Gasteiger partial charge in [-0.05, 0) is 152 Å². The predicted octanol–water partition coefficient (Wildman–Crippen LogP) is 9.06. The van der Waals surface area contributed by atoms with Crippen LogP contribution in [0.25, 0.3) is 6.08 Å². The minimum Gasteiger partial charge on any atom is -0.504 e. The molecule has 1 heterocycles. The Balaban J connectivity index is 1.22. The predicted molar refractivity (Wildman–Crippen MR) is 220 cm³/mol. The van der Waals surface area contributed by atoms with E-state index in [9.17, 15) is 14.7 Å². The summed E-state index contributed by atoms with van der Waals surface area (Å²) in [7, 11) is 3.51. The van der Waals surface area contributed by atoms with Crippen molar-refractivity contribution in [3.63, 3.8) is 0 Å². The van der Waals surface area contributed by atoms with Gasteiger partial charge in [0, 0.05) is 12.6 Å². The first-order chi connectivity index (χ1) is 26.1. The smallest absolute Gasteiger partial charge is 0.163 e. The second-order valence-electron chi connectivity index (χ2n) is 15.5. The quantitative estimate of drug-likeness (QED) is 0.0579. The molecule has 4 N–H and O–H groups in total. The Morgan fingerprint density at radius 2 is 1.63 bits per heavy atom. The zero-order valence-electron chi connectivity index (χ0n) is 32.5. The fourth-order valence-electron chi connectivity index (χ4n) is 8.42. The van der Waals surface area contributed by atoms with Gasteiger partial charge in [-0.3, -0.25) is 9.59 Å². The number of aromatic nitrogens is 1. The maximum absolute atomic E-state index is 13.0. The topological polar surface area (TPSA) is 115 Å². The molecule has 54 heavy (non-hydrogen) atoms. The second kappa shape index (κ2) is 20.1. The number of ether oxygens (including phenoxy) is 1. The first kappa shape index (κ1) is 40.4. The van der Waals surface area contributed by atoms with E-state index in [1.807, 2.05) is 19.2 Å². The third-order valence-corrected chi connectivity index (χ3v) is 11.1. The molecule has 0 spiro atoms. The van der Waals surface area contributed by atoms with Crippen molar-refractivity contribution in [3.05, 3.63) is 124 Å². The number of benzene rings is 3. The van der Waals surface area contributed by atoms with E-state index < -0.39 is 0 Å². The van der Waals surface area contributed by atoms with Gasteiger partial charge in [-0.2, -0.15) is 0 Å². The van der Waals surface area contributed by atoms with Crippen molar-refractivity contribution < 1.29 is 19.4 Å². The molecule has 0 aliphatic heterocycles. The molecular weight excluding hydrogens is 671 g/mol. The Morgan fingerprint density at radius 1 is 0.926 bits per heavy atom. The maximum Gasteiger partial charge on any atom is 0.163 e. The Labute approximate surface area is 322 Å². The lowest BCUT2D eigenvalue weighted by Crippen LogP contribution is -2.25. The molecule has 3 aromatic carbocycles. The van der Waals surface area contributed by atoms with Crippen LogP contribution < -0.4 is 15.8 Å². The molecule has 0 amide bonds. The number of allylic oxidation sites excluding steroid dienone is 1. The number of nitrogens with one attached hydrogen (secondary N) is 1. The summed E-state index contributed by atoms with van der Waals surface area (Å²) < 4.78 is 5.42. The second-order valence-corrected chi connectivity index (χ2v) is 15.5. The van der Waals surface area contributed by atoms with Crippen LogP contribution in [0.2, 0.25) is 0 Å². The fraction of sp³-hybridized carbons (Fsp3) is 0.426. The van der Waals surface area contributed by atoms with Crippen molar-refractivity contribution in [2.24, 2.45) is 11.3 Å². The summed E-state index contributed by atoms with van der Waals surface area (Å²) in [5.74, 6) is 1.17. The van der Waals surface area contributed by atoms with Crippen molar-refractivity contribution in [3.8, 4) is 11.5 Å². The SMILES string of the molecule is CNCC(C)CC1(CCCC(=O)CC(=O)C=Cc2cc(OC)c(O)cc2Cc2cnc(N)cc2CCc2cccc(CCc3ccccc3)c2)CCCC1. The number of anilines is 1. The van der Waals surface area contributed by atoms with Gasteiger partial charge in [-0.1, -0.05) is 80.4 Å². The highest BCUT2D eigenvalue weighted by molar-refractivity contribution is 6.06. The molecule has 1 saturated carbocycles. The number of Topliss-reactive ketones (excluding diaryl/α,β-unsaturated/α-hetero) is 1.